The van der Waals surface area contributed by atoms with Crippen LogP contribution in [0.25, 0.3) is 0 Å². The molecule has 2 bridgehead atoms. The van der Waals surface area contributed by atoms with E-state index in [-0.39, 0.29) is 64.9 Å². The molecule has 2 aliphatic heterocycles. The summed E-state index contributed by atoms with van der Waals surface area (Å²) in [5, 5.41) is 3.40. The van der Waals surface area contributed by atoms with Gasteiger partial charge in [0, 0.05) is 24.9 Å². The summed E-state index contributed by atoms with van der Waals surface area (Å²) in [6, 6.07) is -1.03. The Kier molecular flexibility index (Phi) is 13.6. The van der Waals surface area contributed by atoms with Crippen molar-refractivity contribution in [2.45, 2.75) is 143 Å². The summed E-state index contributed by atoms with van der Waals surface area (Å²) in [4.78, 5) is 60.5. The molecule has 0 aliphatic carbocycles. The number of ketones is 1. The summed E-state index contributed by atoms with van der Waals surface area (Å²) in [6.07, 6.45) is 9.20. The van der Waals surface area contributed by atoms with Crippen LogP contribution in [-0.2, 0) is 30.0 Å². The van der Waals surface area contributed by atoms with Gasteiger partial charge in [0.1, 0.15) is 31.4 Å². The maximum Gasteiger partial charge on any atom is 0.329 e. The van der Waals surface area contributed by atoms with Crippen molar-refractivity contribution in [1.82, 2.24) is 15.2 Å². The number of carbonyl (C=O) groups excluding carboxylic acids is 4. The Morgan fingerprint density at radius 1 is 1.02 bits per heavy atom. The van der Waals surface area contributed by atoms with E-state index in [0.717, 1.165) is 5.57 Å². The Balaban J connectivity index is 2.08. The highest BCUT2D eigenvalue weighted by Crippen LogP contribution is 2.38. The topological polar surface area (TPSA) is 128 Å². The minimum Gasteiger partial charge on any atom is -0.460 e. The molecule has 2 amide bonds. The first-order chi connectivity index (χ1) is 23.0. The summed E-state index contributed by atoms with van der Waals surface area (Å²) in [5.41, 5.74) is 1.08. The van der Waals surface area contributed by atoms with Crippen molar-refractivity contribution in [2.24, 2.45) is 11.8 Å². The van der Waals surface area contributed by atoms with Gasteiger partial charge in [-0.1, -0.05) is 91.1 Å². The summed E-state index contributed by atoms with van der Waals surface area (Å²) in [6.45, 7) is 27.1. The Hall–Kier alpha value is -3.10. The average molecular weight is 728 g/mol. The number of carbonyl (C=O) groups is 4. The summed E-state index contributed by atoms with van der Waals surface area (Å²) in [7, 11) is -4.51. The number of nitrogens with zero attached hydrogens (tertiary/aromatic N) is 2. The fourth-order valence-corrected chi connectivity index (χ4v) is 8.58. The Morgan fingerprint density at radius 2 is 1.68 bits per heavy atom. The van der Waals surface area contributed by atoms with E-state index in [0.29, 0.717) is 24.8 Å². The van der Waals surface area contributed by atoms with Crippen molar-refractivity contribution in [3.8, 4) is 0 Å². The zero-order valence-corrected chi connectivity index (χ0v) is 34.6. The molecule has 12 heteroatoms. The lowest BCUT2D eigenvalue weighted by Gasteiger charge is -2.38. The lowest BCUT2D eigenvalue weighted by molar-refractivity contribution is -0.158. The van der Waals surface area contributed by atoms with E-state index in [4.69, 9.17) is 13.6 Å². The number of fused-ring (bicyclic) bond motifs is 3. The first-order valence-electron chi connectivity index (χ1n) is 18.1. The van der Waals surface area contributed by atoms with Gasteiger partial charge in [-0.05, 0) is 56.8 Å². The van der Waals surface area contributed by atoms with Gasteiger partial charge in [-0.15, -0.1) is 0 Å². The third-order valence-electron chi connectivity index (χ3n) is 9.82. The largest absolute Gasteiger partial charge is 0.460 e. The number of oxazole rings is 1. The highest BCUT2D eigenvalue weighted by molar-refractivity contribution is 6.88. The molecule has 278 valence electrons. The van der Waals surface area contributed by atoms with Crippen molar-refractivity contribution in [3.63, 3.8) is 0 Å². The number of Topliss-reactive ketones (excluding diaryl/α,β-unsaturated/α-hetero) is 1. The second kappa shape index (κ2) is 16.5. The molecule has 1 saturated heterocycles. The summed E-state index contributed by atoms with van der Waals surface area (Å²) >= 11 is 0. The molecular weight excluding hydrogens is 667 g/mol. The number of ether oxygens (including phenoxy) is 1. The third-order valence-corrected chi connectivity index (χ3v) is 16.0. The molecule has 2 aliphatic rings. The lowest BCUT2D eigenvalue weighted by Crippen LogP contribution is -2.47. The molecule has 1 fully saturated rings. The molecule has 1 unspecified atom stereocenters. The smallest absolute Gasteiger partial charge is 0.329 e. The summed E-state index contributed by atoms with van der Waals surface area (Å²) in [5.74, 6) is -1.31. The molecule has 3 heterocycles. The highest BCUT2D eigenvalue weighted by atomic mass is 28.4. The van der Waals surface area contributed by atoms with Crippen molar-refractivity contribution >= 4 is 45.3 Å². The van der Waals surface area contributed by atoms with Crippen LogP contribution >= 0.6 is 0 Å². The van der Waals surface area contributed by atoms with Gasteiger partial charge >= 0.3 is 5.97 Å². The minimum absolute atomic E-state index is 0.0307. The maximum absolute atomic E-state index is 14.2. The van der Waals surface area contributed by atoms with Crippen LogP contribution in [0.1, 0.15) is 91.0 Å². The molecule has 10 nitrogen and oxygen atoms in total. The number of allylic oxidation sites excluding steroid dienone is 2. The van der Waals surface area contributed by atoms with Crippen LogP contribution in [0.15, 0.2) is 40.4 Å². The van der Waals surface area contributed by atoms with E-state index in [2.05, 4.69) is 63.8 Å². The standard InChI is InChI=1S/C38H61N3O7Si2/c1-24(2)34-26(4)17-19-31(43)39-27(5)18-16-25(3)21-29(48-50(12,13)38(6,7)8)22-28(42)23-32-40-33(37(46-32)49(9,10)11)35(44)41-20-14-15-30(41)36(45)47-34/h16-19,21,24,26-27,29-30,34H,14-15,20,22-23H2,1-13H3,(H,39,43)/b18-16?,19-17+,25-21?/t26-,27+,29?,30-,34-/m1/s1. The van der Waals surface area contributed by atoms with E-state index in [1.54, 1.807) is 11.0 Å². The molecule has 0 saturated carbocycles. The first kappa shape index (κ1) is 41.3. The number of hydrogen-bond acceptors (Lipinski definition) is 8. The Bertz CT molecular complexity index is 1500. The van der Waals surface area contributed by atoms with E-state index in [1.807, 2.05) is 52.8 Å². The van der Waals surface area contributed by atoms with Gasteiger partial charge in [-0.25, -0.2) is 9.78 Å². The van der Waals surface area contributed by atoms with Crippen LogP contribution in [0.2, 0.25) is 37.8 Å². The predicted molar refractivity (Wildman–Crippen MR) is 202 cm³/mol. The maximum atomic E-state index is 14.2. The Labute approximate surface area is 301 Å². The predicted octanol–water partition coefficient (Wildman–Crippen LogP) is 6.50. The number of hydrogen-bond donors (Lipinski definition) is 1. The first-order valence-corrected chi connectivity index (χ1v) is 24.5. The molecule has 1 N–H and O–H groups in total. The van der Waals surface area contributed by atoms with Gasteiger partial charge in [-0.2, -0.15) is 0 Å². The molecule has 0 spiro atoms. The van der Waals surface area contributed by atoms with Gasteiger partial charge in [-0.3, -0.25) is 14.4 Å². The molecule has 1 aromatic heterocycles. The van der Waals surface area contributed by atoms with Gasteiger partial charge in [0.25, 0.3) is 5.91 Å². The van der Waals surface area contributed by atoms with Crippen molar-refractivity contribution in [2.75, 3.05) is 6.54 Å². The zero-order chi connectivity index (χ0) is 37.8. The van der Waals surface area contributed by atoms with Crippen LogP contribution < -0.4 is 10.7 Å². The van der Waals surface area contributed by atoms with Crippen molar-refractivity contribution < 1.29 is 32.8 Å². The van der Waals surface area contributed by atoms with Crippen LogP contribution in [0.4, 0.5) is 0 Å². The number of amides is 2. The normalized spacial score (nSPS) is 26.4. The van der Waals surface area contributed by atoms with Gasteiger partial charge < -0.3 is 23.8 Å². The van der Waals surface area contributed by atoms with E-state index in [9.17, 15) is 19.2 Å². The number of nitrogens with one attached hydrogen (secondary N) is 1. The second-order valence-corrected chi connectivity index (χ2v) is 26.7. The molecule has 0 aromatic carbocycles. The van der Waals surface area contributed by atoms with E-state index in [1.165, 1.54) is 6.08 Å². The van der Waals surface area contributed by atoms with Gasteiger partial charge in [0.05, 0.1) is 12.5 Å². The molecule has 50 heavy (non-hydrogen) atoms. The minimum atomic E-state index is -2.27. The number of esters is 1. The van der Waals surface area contributed by atoms with Gasteiger partial charge in [0.2, 0.25) is 11.8 Å². The number of aromatic nitrogens is 1. The monoisotopic (exact) mass is 727 g/mol. The van der Waals surface area contributed by atoms with Crippen LogP contribution in [0.3, 0.4) is 0 Å². The second-order valence-electron chi connectivity index (χ2n) is 17.0. The Morgan fingerprint density at radius 3 is 2.28 bits per heavy atom. The summed E-state index contributed by atoms with van der Waals surface area (Å²) < 4.78 is 19.1. The molecule has 3 rings (SSSR count). The fourth-order valence-electron chi connectivity index (χ4n) is 6.02. The molecule has 0 radical (unpaired) electrons. The molecule has 1 aromatic rings. The zero-order valence-electron chi connectivity index (χ0n) is 32.6. The lowest BCUT2D eigenvalue weighted by atomic mass is 9.94. The molecule has 5 atom stereocenters. The van der Waals surface area contributed by atoms with Crippen molar-refractivity contribution in [3.05, 3.63) is 47.5 Å². The fraction of sp³-hybridized carbons (Fsp3) is 0.658. The van der Waals surface area contributed by atoms with Crippen LogP contribution in [-0.4, -0.2) is 80.7 Å². The number of cyclic esters (lactones) is 1. The molecular formula is C38H61N3O7Si2. The van der Waals surface area contributed by atoms with Crippen LogP contribution in [0, 0.1) is 11.8 Å². The third kappa shape index (κ3) is 11.0. The van der Waals surface area contributed by atoms with Crippen molar-refractivity contribution in [1.29, 1.82) is 0 Å². The SMILES string of the molecule is CC1=CC(O[Si](C)(C)C(C)(C)C)CC(=O)Cc2nc(c([Si](C)(C)C)o2)C(=O)N2CCC[C@@H]2C(=O)O[C@H](C(C)C)[C@H](C)/C=C/C(=O)N[C@@H](C)C=C1. The van der Waals surface area contributed by atoms with E-state index >= 15 is 0 Å². The highest BCUT2D eigenvalue weighted by Gasteiger charge is 2.42. The van der Waals surface area contributed by atoms with Gasteiger partial charge in [0.15, 0.2) is 14.0 Å². The van der Waals surface area contributed by atoms with E-state index < -0.39 is 40.6 Å². The average Bonchev–Trinajstić information content (AvgIpc) is 3.64. The van der Waals surface area contributed by atoms with Crippen LogP contribution in [0.5, 0.6) is 0 Å². The quantitative estimate of drug-likeness (QED) is 0.275. The number of rotatable bonds is 4.